The summed E-state index contributed by atoms with van der Waals surface area (Å²) in [7, 11) is 0. The lowest BCUT2D eigenvalue weighted by Gasteiger charge is -2.18. The molecule has 0 aliphatic carbocycles. The molecule has 10 heavy (non-hydrogen) atoms. The van der Waals surface area contributed by atoms with Gasteiger partial charge in [0.2, 0.25) is 0 Å². The van der Waals surface area contributed by atoms with Crippen molar-refractivity contribution in [2.24, 2.45) is 5.92 Å². The SMILES string of the molecule is C1CC2CCN(CCS1)C2. The number of hydrogen-bond donors (Lipinski definition) is 0. The first kappa shape index (κ1) is 6.99. The third kappa shape index (κ3) is 1.48. The van der Waals surface area contributed by atoms with Crippen molar-refractivity contribution in [3.8, 4) is 0 Å². The first-order valence-corrected chi connectivity index (χ1v) is 5.41. The molecule has 1 nitrogen and oxygen atoms in total. The fraction of sp³-hybridized carbons (Fsp3) is 1.00. The summed E-state index contributed by atoms with van der Waals surface area (Å²) < 4.78 is 0. The van der Waals surface area contributed by atoms with Crippen LogP contribution < -0.4 is 0 Å². The van der Waals surface area contributed by atoms with Gasteiger partial charge in [0, 0.05) is 18.8 Å². The molecule has 2 aliphatic heterocycles. The molecule has 0 aromatic rings. The van der Waals surface area contributed by atoms with Crippen molar-refractivity contribution >= 4 is 11.8 Å². The van der Waals surface area contributed by atoms with E-state index in [1.165, 1.54) is 44.0 Å². The monoisotopic (exact) mass is 157 g/mol. The lowest BCUT2D eigenvalue weighted by molar-refractivity contribution is 0.341. The topological polar surface area (TPSA) is 3.24 Å². The molecule has 2 fully saturated rings. The van der Waals surface area contributed by atoms with Gasteiger partial charge in [-0.15, -0.1) is 0 Å². The molecule has 2 heterocycles. The fourth-order valence-electron chi connectivity index (χ4n) is 1.90. The van der Waals surface area contributed by atoms with Gasteiger partial charge in [-0.05, 0) is 31.1 Å². The molecule has 58 valence electrons. The predicted molar refractivity (Wildman–Crippen MR) is 46.5 cm³/mol. The van der Waals surface area contributed by atoms with Crippen molar-refractivity contribution in [2.75, 3.05) is 31.1 Å². The summed E-state index contributed by atoms with van der Waals surface area (Å²) in [5.74, 6) is 3.83. The molecule has 2 rings (SSSR count). The highest BCUT2D eigenvalue weighted by molar-refractivity contribution is 7.99. The van der Waals surface area contributed by atoms with Gasteiger partial charge in [-0.1, -0.05) is 0 Å². The van der Waals surface area contributed by atoms with Crippen LogP contribution in [-0.4, -0.2) is 36.0 Å². The van der Waals surface area contributed by atoms with Crippen LogP contribution >= 0.6 is 11.8 Å². The van der Waals surface area contributed by atoms with E-state index >= 15 is 0 Å². The van der Waals surface area contributed by atoms with Gasteiger partial charge in [0.15, 0.2) is 0 Å². The number of rotatable bonds is 0. The molecule has 0 N–H and O–H groups in total. The standard InChI is InChI=1S/C8H15NS/c1-3-9-4-6-10-5-2-8(1)7-9/h8H,1-7H2. The van der Waals surface area contributed by atoms with Crippen LogP contribution in [0.2, 0.25) is 0 Å². The molecule has 2 atom stereocenters. The van der Waals surface area contributed by atoms with E-state index in [4.69, 9.17) is 0 Å². The Morgan fingerprint density at radius 3 is 3.10 bits per heavy atom. The molecule has 0 saturated carbocycles. The molecular formula is C8H15NS. The number of thioether (sulfide) groups is 1. The summed E-state index contributed by atoms with van der Waals surface area (Å²) in [6.07, 6.45) is 2.95. The molecule has 2 heteroatoms. The molecule has 0 radical (unpaired) electrons. The van der Waals surface area contributed by atoms with E-state index in [1.807, 2.05) is 0 Å². The molecule has 2 aliphatic rings. The second-order valence-electron chi connectivity index (χ2n) is 3.36. The summed E-state index contributed by atoms with van der Waals surface area (Å²) in [5.41, 5.74) is 0. The van der Waals surface area contributed by atoms with Crippen molar-refractivity contribution in [2.45, 2.75) is 12.8 Å². The van der Waals surface area contributed by atoms with Crippen LogP contribution in [0, 0.1) is 5.92 Å². The van der Waals surface area contributed by atoms with Crippen molar-refractivity contribution in [1.29, 1.82) is 0 Å². The third-order valence-electron chi connectivity index (χ3n) is 2.59. The molecule has 0 aromatic carbocycles. The van der Waals surface area contributed by atoms with Crippen LogP contribution in [0.3, 0.4) is 0 Å². The van der Waals surface area contributed by atoms with Crippen LogP contribution in [0.25, 0.3) is 0 Å². The number of hydrogen-bond acceptors (Lipinski definition) is 2. The number of fused-ring (bicyclic) bond motifs is 2. The van der Waals surface area contributed by atoms with Gasteiger partial charge in [-0.3, -0.25) is 0 Å². The van der Waals surface area contributed by atoms with Gasteiger partial charge in [-0.2, -0.15) is 11.8 Å². The summed E-state index contributed by atoms with van der Waals surface area (Å²) in [5, 5.41) is 0. The van der Waals surface area contributed by atoms with Crippen molar-refractivity contribution in [3.63, 3.8) is 0 Å². The maximum atomic E-state index is 2.62. The second kappa shape index (κ2) is 3.14. The Balaban J connectivity index is 1.91. The molecule has 0 aromatic heterocycles. The zero-order valence-electron chi connectivity index (χ0n) is 6.38. The quantitative estimate of drug-likeness (QED) is 0.523. The van der Waals surface area contributed by atoms with E-state index < -0.39 is 0 Å². The maximum absolute atomic E-state index is 2.62. The third-order valence-corrected chi connectivity index (χ3v) is 3.59. The van der Waals surface area contributed by atoms with Crippen LogP contribution in [0.5, 0.6) is 0 Å². The Morgan fingerprint density at radius 1 is 1.10 bits per heavy atom. The van der Waals surface area contributed by atoms with E-state index in [0.717, 1.165) is 5.92 Å². The number of nitrogens with zero attached hydrogens (tertiary/aromatic N) is 1. The molecular weight excluding hydrogens is 142 g/mol. The van der Waals surface area contributed by atoms with Gasteiger partial charge >= 0.3 is 0 Å². The van der Waals surface area contributed by atoms with Gasteiger partial charge < -0.3 is 4.90 Å². The maximum Gasteiger partial charge on any atom is 0.00725 e. The fourth-order valence-corrected chi connectivity index (χ4v) is 2.99. The zero-order chi connectivity index (χ0) is 6.81. The van der Waals surface area contributed by atoms with E-state index in [-0.39, 0.29) is 0 Å². The molecule has 2 bridgehead atoms. The summed E-state index contributed by atoms with van der Waals surface area (Å²) in [4.78, 5) is 2.62. The smallest absolute Gasteiger partial charge is 0.00725 e. The van der Waals surface area contributed by atoms with Crippen LogP contribution in [0.4, 0.5) is 0 Å². The predicted octanol–water partition coefficient (Wildman–Crippen LogP) is 1.45. The first-order chi connectivity index (χ1) is 4.95. The highest BCUT2D eigenvalue weighted by Gasteiger charge is 2.22. The van der Waals surface area contributed by atoms with E-state index in [1.54, 1.807) is 0 Å². The second-order valence-corrected chi connectivity index (χ2v) is 4.58. The summed E-state index contributed by atoms with van der Waals surface area (Å²) in [6, 6.07) is 0. The average Bonchev–Trinajstić information content (AvgIpc) is 2.30. The Labute approximate surface area is 67.2 Å². The van der Waals surface area contributed by atoms with Crippen molar-refractivity contribution in [1.82, 2.24) is 4.90 Å². The van der Waals surface area contributed by atoms with E-state index in [0.29, 0.717) is 0 Å². The van der Waals surface area contributed by atoms with Gasteiger partial charge in [0.05, 0.1) is 0 Å². The molecule has 0 spiro atoms. The van der Waals surface area contributed by atoms with Crippen LogP contribution in [0.15, 0.2) is 0 Å². The minimum Gasteiger partial charge on any atom is -0.302 e. The molecule has 2 saturated heterocycles. The lowest BCUT2D eigenvalue weighted by atomic mass is 10.1. The largest absolute Gasteiger partial charge is 0.302 e. The molecule has 2 unspecified atom stereocenters. The van der Waals surface area contributed by atoms with E-state index in [9.17, 15) is 0 Å². The minimum atomic E-state index is 1.05. The van der Waals surface area contributed by atoms with E-state index in [2.05, 4.69) is 16.7 Å². The minimum absolute atomic E-state index is 1.05. The Bertz CT molecular complexity index is 104. The molecule has 0 amide bonds. The lowest BCUT2D eigenvalue weighted by Crippen LogP contribution is -2.25. The normalized spacial score (nSPS) is 40.8. The average molecular weight is 157 g/mol. The Hall–Kier alpha value is 0.310. The van der Waals surface area contributed by atoms with Gasteiger partial charge in [0.25, 0.3) is 0 Å². The van der Waals surface area contributed by atoms with Crippen LogP contribution in [0.1, 0.15) is 12.8 Å². The van der Waals surface area contributed by atoms with Crippen LogP contribution in [-0.2, 0) is 0 Å². The van der Waals surface area contributed by atoms with Crippen molar-refractivity contribution in [3.05, 3.63) is 0 Å². The van der Waals surface area contributed by atoms with Crippen molar-refractivity contribution < 1.29 is 0 Å². The zero-order valence-corrected chi connectivity index (χ0v) is 7.20. The first-order valence-electron chi connectivity index (χ1n) is 4.25. The highest BCUT2D eigenvalue weighted by Crippen LogP contribution is 2.24. The Kier molecular flexibility index (Phi) is 2.19. The van der Waals surface area contributed by atoms with Gasteiger partial charge in [0.1, 0.15) is 0 Å². The van der Waals surface area contributed by atoms with Gasteiger partial charge in [-0.25, -0.2) is 0 Å². The summed E-state index contributed by atoms with van der Waals surface area (Å²) >= 11 is 2.13. The highest BCUT2D eigenvalue weighted by atomic mass is 32.2. The summed E-state index contributed by atoms with van der Waals surface area (Å²) in [6.45, 7) is 4.13. The Morgan fingerprint density at radius 2 is 2.10 bits per heavy atom.